The second kappa shape index (κ2) is 6.42. The molecule has 1 aliphatic rings. The van der Waals surface area contributed by atoms with E-state index < -0.39 is 0 Å². The molecule has 8 nitrogen and oxygen atoms in total. The highest BCUT2D eigenvalue weighted by Crippen LogP contribution is 2.12. The molecule has 2 aromatic rings. The number of amides is 1. The first-order valence-electron chi connectivity index (χ1n) is 6.87. The van der Waals surface area contributed by atoms with Gasteiger partial charge in [-0.3, -0.25) is 9.69 Å². The van der Waals surface area contributed by atoms with Crippen molar-refractivity contribution in [3.05, 3.63) is 30.6 Å². The molecule has 1 fully saturated rings. The topological polar surface area (TPSA) is 88.0 Å². The predicted octanol–water partition coefficient (Wildman–Crippen LogP) is -0.494. The quantitative estimate of drug-likeness (QED) is 0.788. The van der Waals surface area contributed by atoms with Gasteiger partial charge in [0.1, 0.15) is 6.33 Å². The van der Waals surface area contributed by atoms with Crippen molar-refractivity contribution >= 4 is 11.6 Å². The van der Waals surface area contributed by atoms with Gasteiger partial charge in [-0.25, -0.2) is 4.68 Å². The van der Waals surface area contributed by atoms with Crippen molar-refractivity contribution in [2.45, 2.75) is 0 Å². The number of benzene rings is 1. The molecule has 1 aromatic carbocycles. The number of rotatable bonds is 4. The first kappa shape index (κ1) is 13.7. The number of anilines is 1. The Balaban J connectivity index is 1.56. The van der Waals surface area contributed by atoms with E-state index in [0.717, 1.165) is 37.6 Å². The summed E-state index contributed by atoms with van der Waals surface area (Å²) in [5.74, 6) is 0.00655. The number of hydrogen-bond acceptors (Lipinski definition) is 6. The van der Waals surface area contributed by atoms with E-state index in [4.69, 9.17) is 0 Å². The fourth-order valence-electron chi connectivity index (χ4n) is 2.25. The van der Waals surface area contributed by atoms with Crippen LogP contribution in [0.5, 0.6) is 0 Å². The Morgan fingerprint density at radius 1 is 1.24 bits per heavy atom. The first-order valence-corrected chi connectivity index (χ1v) is 6.87. The summed E-state index contributed by atoms with van der Waals surface area (Å²) in [7, 11) is 0. The van der Waals surface area contributed by atoms with E-state index in [9.17, 15) is 4.79 Å². The molecule has 0 atom stereocenters. The Labute approximate surface area is 122 Å². The van der Waals surface area contributed by atoms with E-state index in [1.807, 2.05) is 24.3 Å². The molecular weight excluding hydrogens is 270 g/mol. The molecule has 1 saturated heterocycles. The van der Waals surface area contributed by atoms with Crippen molar-refractivity contribution in [3.63, 3.8) is 0 Å². The van der Waals surface area contributed by atoms with Crippen LogP contribution in [0.25, 0.3) is 5.69 Å². The Hall–Kier alpha value is -2.32. The third-order valence-electron chi connectivity index (χ3n) is 3.34. The number of nitrogens with zero attached hydrogens (tertiary/aromatic N) is 5. The Bertz CT molecular complexity index is 575. The van der Waals surface area contributed by atoms with E-state index in [0.29, 0.717) is 6.54 Å². The lowest BCUT2D eigenvalue weighted by molar-refractivity contribution is -0.117. The van der Waals surface area contributed by atoms with Gasteiger partial charge in [0.2, 0.25) is 5.91 Å². The number of nitrogens with one attached hydrogen (secondary N) is 2. The Kier molecular flexibility index (Phi) is 4.17. The van der Waals surface area contributed by atoms with Crippen molar-refractivity contribution in [3.8, 4) is 5.69 Å². The van der Waals surface area contributed by atoms with Gasteiger partial charge in [-0.15, -0.1) is 5.10 Å². The maximum absolute atomic E-state index is 12.0. The van der Waals surface area contributed by atoms with Crippen LogP contribution in [0.15, 0.2) is 30.6 Å². The second-order valence-electron chi connectivity index (χ2n) is 4.88. The minimum Gasteiger partial charge on any atom is -0.325 e. The molecular formula is C13H17N7O. The average Bonchev–Trinajstić information content (AvgIpc) is 3.03. The van der Waals surface area contributed by atoms with Crippen LogP contribution in [0.2, 0.25) is 0 Å². The molecule has 2 heterocycles. The Morgan fingerprint density at radius 3 is 2.67 bits per heavy atom. The fourth-order valence-corrected chi connectivity index (χ4v) is 2.25. The number of hydrogen-bond donors (Lipinski definition) is 2. The lowest BCUT2D eigenvalue weighted by Crippen LogP contribution is -2.46. The smallest absolute Gasteiger partial charge is 0.238 e. The van der Waals surface area contributed by atoms with Crippen LogP contribution in [-0.4, -0.2) is 63.7 Å². The number of carbonyl (C=O) groups is 1. The molecule has 0 saturated carbocycles. The van der Waals surface area contributed by atoms with Crippen molar-refractivity contribution in [1.29, 1.82) is 0 Å². The molecule has 0 radical (unpaired) electrons. The zero-order chi connectivity index (χ0) is 14.5. The van der Waals surface area contributed by atoms with Gasteiger partial charge in [0.05, 0.1) is 12.2 Å². The van der Waals surface area contributed by atoms with Crippen LogP contribution in [0.3, 0.4) is 0 Å². The predicted molar refractivity (Wildman–Crippen MR) is 77.1 cm³/mol. The van der Waals surface area contributed by atoms with Gasteiger partial charge >= 0.3 is 0 Å². The van der Waals surface area contributed by atoms with E-state index in [-0.39, 0.29) is 5.91 Å². The lowest BCUT2D eigenvalue weighted by Gasteiger charge is -2.26. The van der Waals surface area contributed by atoms with Crippen molar-refractivity contribution in [2.24, 2.45) is 0 Å². The van der Waals surface area contributed by atoms with E-state index in [1.165, 1.54) is 6.33 Å². The minimum atomic E-state index is 0.00655. The molecule has 0 spiro atoms. The van der Waals surface area contributed by atoms with Crippen LogP contribution in [0, 0.1) is 0 Å². The van der Waals surface area contributed by atoms with Crippen LogP contribution in [-0.2, 0) is 4.79 Å². The average molecular weight is 287 g/mol. The summed E-state index contributed by atoms with van der Waals surface area (Å²) < 4.78 is 1.56. The van der Waals surface area contributed by atoms with Crippen molar-refractivity contribution in [2.75, 3.05) is 38.0 Å². The third kappa shape index (κ3) is 3.61. The summed E-state index contributed by atoms with van der Waals surface area (Å²) in [6, 6.07) is 7.40. The normalized spacial score (nSPS) is 15.8. The first-order chi connectivity index (χ1) is 10.3. The summed E-state index contributed by atoms with van der Waals surface area (Å²) in [5.41, 5.74) is 1.62. The third-order valence-corrected chi connectivity index (χ3v) is 3.34. The molecule has 0 bridgehead atoms. The van der Waals surface area contributed by atoms with Gasteiger partial charge in [-0.2, -0.15) is 0 Å². The number of aromatic nitrogens is 4. The molecule has 0 aliphatic carbocycles. The fraction of sp³-hybridized carbons (Fsp3) is 0.385. The van der Waals surface area contributed by atoms with Crippen LogP contribution < -0.4 is 10.6 Å². The molecule has 8 heteroatoms. The zero-order valence-corrected chi connectivity index (χ0v) is 11.6. The van der Waals surface area contributed by atoms with Crippen LogP contribution in [0.4, 0.5) is 5.69 Å². The van der Waals surface area contributed by atoms with Gasteiger partial charge in [-0.1, -0.05) is 0 Å². The molecule has 3 rings (SSSR count). The molecule has 1 aromatic heterocycles. The highest BCUT2D eigenvalue weighted by atomic mass is 16.2. The SMILES string of the molecule is O=C(CN1CCNCC1)Nc1ccc(-n2cnnn2)cc1. The molecule has 2 N–H and O–H groups in total. The molecule has 1 aliphatic heterocycles. The number of carbonyl (C=O) groups excluding carboxylic acids is 1. The van der Waals surface area contributed by atoms with Gasteiger partial charge in [0, 0.05) is 31.9 Å². The molecule has 110 valence electrons. The summed E-state index contributed by atoms with van der Waals surface area (Å²) >= 11 is 0. The van der Waals surface area contributed by atoms with Gasteiger partial charge < -0.3 is 10.6 Å². The molecule has 0 unspecified atom stereocenters. The van der Waals surface area contributed by atoms with Crippen LogP contribution in [0.1, 0.15) is 0 Å². The maximum Gasteiger partial charge on any atom is 0.238 e. The van der Waals surface area contributed by atoms with Gasteiger partial charge in [-0.05, 0) is 34.7 Å². The number of piperazine rings is 1. The maximum atomic E-state index is 12.0. The lowest BCUT2D eigenvalue weighted by atomic mass is 10.2. The summed E-state index contributed by atoms with van der Waals surface area (Å²) in [6.45, 7) is 4.12. The van der Waals surface area contributed by atoms with E-state index in [2.05, 4.69) is 31.1 Å². The molecule has 21 heavy (non-hydrogen) atoms. The summed E-state index contributed by atoms with van der Waals surface area (Å²) in [5, 5.41) is 17.1. The van der Waals surface area contributed by atoms with Gasteiger partial charge in [0.25, 0.3) is 0 Å². The minimum absolute atomic E-state index is 0.00655. The number of tetrazole rings is 1. The zero-order valence-electron chi connectivity index (χ0n) is 11.6. The van der Waals surface area contributed by atoms with Crippen LogP contribution >= 0.6 is 0 Å². The summed E-state index contributed by atoms with van der Waals surface area (Å²) in [6.07, 6.45) is 1.53. The van der Waals surface area contributed by atoms with Crippen molar-refractivity contribution < 1.29 is 4.79 Å². The Morgan fingerprint density at radius 2 is 2.00 bits per heavy atom. The monoisotopic (exact) mass is 287 g/mol. The van der Waals surface area contributed by atoms with E-state index >= 15 is 0 Å². The molecule has 1 amide bonds. The van der Waals surface area contributed by atoms with Crippen molar-refractivity contribution in [1.82, 2.24) is 30.4 Å². The highest BCUT2D eigenvalue weighted by Gasteiger charge is 2.13. The largest absolute Gasteiger partial charge is 0.325 e. The second-order valence-corrected chi connectivity index (χ2v) is 4.88. The standard InChI is InChI=1S/C13H17N7O/c21-13(9-19-7-5-14-6-8-19)16-11-1-3-12(4-2-11)20-10-15-17-18-20/h1-4,10,14H,5-9H2,(H,16,21). The summed E-state index contributed by atoms with van der Waals surface area (Å²) in [4.78, 5) is 14.1. The van der Waals surface area contributed by atoms with E-state index in [1.54, 1.807) is 4.68 Å². The van der Waals surface area contributed by atoms with Gasteiger partial charge in [0.15, 0.2) is 0 Å². The highest BCUT2D eigenvalue weighted by molar-refractivity contribution is 5.92.